The van der Waals surface area contributed by atoms with Crippen LogP contribution in [0.2, 0.25) is 0 Å². The normalized spacial score (nSPS) is 11.9. The van der Waals surface area contributed by atoms with Crippen LogP contribution in [0.3, 0.4) is 0 Å². The molecule has 0 radical (unpaired) electrons. The molecule has 0 spiro atoms. The van der Waals surface area contributed by atoms with Crippen molar-refractivity contribution >= 4 is 34.7 Å². The summed E-state index contributed by atoms with van der Waals surface area (Å²) in [6.45, 7) is 11.2. The molecule has 5 aromatic rings. The lowest BCUT2D eigenvalue weighted by molar-refractivity contribution is -0.132. The number of anilines is 3. The number of rotatable bonds is 6. The van der Waals surface area contributed by atoms with Crippen LogP contribution in [0.1, 0.15) is 56.1 Å². The minimum Gasteiger partial charge on any atom is -0.381 e. The molecular weight excluding hydrogens is 526 g/mol. The summed E-state index contributed by atoms with van der Waals surface area (Å²) in [5.74, 6) is -0.473. The molecule has 0 atom stereocenters. The summed E-state index contributed by atoms with van der Waals surface area (Å²) < 4.78 is 1.79. The quantitative estimate of drug-likeness (QED) is 0.241. The molecule has 3 aromatic carbocycles. The number of amides is 2. The van der Waals surface area contributed by atoms with Crippen LogP contribution in [0.25, 0.3) is 16.9 Å². The van der Waals surface area contributed by atoms with Gasteiger partial charge in [0, 0.05) is 35.4 Å². The van der Waals surface area contributed by atoms with Gasteiger partial charge in [0.05, 0.1) is 11.4 Å². The van der Waals surface area contributed by atoms with Crippen LogP contribution in [0.5, 0.6) is 0 Å². The maximum atomic E-state index is 13.6. The Hall–Kier alpha value is -4.82. The van der Waals surface area contributed by atoms with Crippen molar-refractivity contribution < 1.29 is 14.7 Å². The number of carbonyl (C=O) groups is 2. The van der Waals surface area contributed by atoms with Gasteiger partial charge in [-0.05, 0) is 67.6 Å². The Kier molecular flexibility index (Phi) is 7.43. The number of hydrogen-bond donors (Lipinski definition) is 2. The third-order valence-corrected chi connectivity index (χ3v) is 7.10. The van der Waals surface area contributed by atoms with E-state index in [0.717, 1.165) is 16.7 Å². The molecule has 0 fully saturated rings. The molecule has 0 aliphatic rings. The first-order valence-corrected chi connectivity index (χ1v) is 13.8. The van der Waals surface area contributed by atoms with Gasteiger partial charge in [-0.1, -0.05) is 63.2 Å². The number of para-hydroxylation sites is 1. The van der Waals surface area contributed by atoms with Gasteiger partial charge in [-0.25, -0.2) is 9.97 Å². The second-order valence-electron chi connectivity index (χ2n) is 12.0. The molecule has 0 saturated heterocycles. The molecular formula is C34H35N5O3. The highest BCUT2D eigenvalue weighted by molar-refractivity contribution is 6.07. The molecule has 2 aromatic heterocycles. The Morgan fingerprint density at radius 3 is 2.26 bits per heavy atom. The van der Waals surface area contributed by atoms with E-state index in [-0.39, 0.29) is 17.1 Å². The molecule has 2 N–H and O–H groups in total. The number of aryl methyl sites for hydroxylation is 1. The summed E-state index contributed by atoms with van der Waals surface area (Å²) in [6, 6.07) is 22.4. The summed E-state index contributed by atoms with van der Waals surface area (Å²) in [5, 5.41) is 13.7. The summed E-state index contributed by atoms with van der Waals surface area (Å²) in [5.41, 5.74) is 3.90. The van der Waals surface area contributed by atoms with E-state index in [1.807, 2.05) is 73.8 Å². The second kappa shape index (κ2) is 10.9. The Balaban J connectivity index is 1.55. The van der Waals surface area contributed by atoms with Gasteiger partial charge in [-0.15, -0.1) is 0 Å². The molecule has 0 aliphatic carbocycles. The predicted molar refractivity (Wildman–Crippen MR) is 166 cm³/mol. The SMILES string of the molecule is Cc1ccc(-c2cn3ccnc3c(N(C(=O)C(C)(C)O)c3ccccc3)n2)cc1NC(=O)c1ccc(C(C)(C)C)cc1. The first-order valence-electron chi connectivity index (χ1n) is 13.8. The van der Waals surface area contributed by atoms with E-state index >= 15 is 0 Å². The van der Waals surface area contributed by atoms with Gasteiger partial charge < -0.3 is 14.8 Å². The highest BCUT2D eigenvalue weighted by Gasteiger charge is 2.34. The van der Waals surface area contributed by atoms with Crippen molar-refractivity contribution in [1.82, 2.24) is 14.4 Å². The molecule has 5 rings (SSSR count). The van der Waals surface area contributed by atoms with Gasteiger partial charge in [0.1, 0.15) is 5.60 Å². The van der Waals surface area contributed by atoms with E-state index in [1.54, 1.807) is 28.9 Å². The highest BCUT2D eigenvalue weighted by atomic mass is 16.3. The van der Waals surface area contributed by atoms with Crippen LogP contribution in [-0.2, 0) is 10.2 Å². The summed E-state index contributed by atoms with van der Waals surface area (Å²) in [6.07, 6.45) is 5.23. The van der Waals surface area contributed by atoms with Gasteiger partial charge >= 0.3 is 0 Å². The van der Waals surface area contributed by atoms with Gasteiger partial charge in [-0.3, -0.25) is 14.5 Å². The number of aromatic nitrogens is 3. The van der Waals surface area contributed by atoms with Crippen LogP contribution >= 0.6 is 0 Å². The van der Waals surface area contributed by atoms with Gasteiger partial charge in [0.2, 0.25) is 0 Å². The first kappa shape index (κ1) is 28.7. The zero-order valence-corrected chi connectivity index (χ0v) is 24.7. The van der Waals surface area contributed by atoms with Crippen molar-refractivity contribution in [3.63, 3.8) is 0 Å². The maximum Gasteiger partial charge on any atom is 0.264 e. The Morgan fingerprint density at radius 1 is 0.929 bits per heavy atom. The molecule has 214 valence electrons. The minimum absolute atomic E-state index is 0.00421. The number of aliphatic hydroxyl groups is 1. The van der Waals surface area contributed by atoms with Gasteiger partial charge in [0.15, 0.2) is 11.5 Å². The van der Waals surface area contributed by atoms with Crippen molar-refractivity contribution in [3.8, 4) is 11.3 Å². The number of carbonyl (C=O) groups excluding carboxylic acids is 2. The van der Waals surface area contributed by atoms with Crippen LogP contribution < -0.4 is 10.2 Å². The number of hydrogen-bond acceptors (Lipinski definition) is 5. The average Bonchev–Trinajstić information content (AvgIpc) is 3.43. The van der Waals surface area contributed by atoms with E-state index in [4.69, 9.17) is 4.98 Å². The third kappa shape index (κ3) is 5.80. The molecule has 42 heavy (non-hydrogen) atoms. The Morgan fingerprint density at radius 2 is 1.62 bits per heavy atom. The van der Waals surface area contributed by atoms with E-state index in [1.165, 1.54) is 18.7 Å². The smallest absolute Gasteiger partial charge is 0.264 e. The van der Waals surface area contributed by atoms with Gasteiger partial charge in [0.25, 0.3) is 11.8 Å². The van der Waals surface area contributed by atoms with Crippen LogP contribution in [0.4, 0.5) is 17.2 Å². The summed E-state index contributed by atoms with van der Waals surface area (Å²) >= 11 is 0. The van der Waals surface area contributed by atoms with Crippen molar-refractivity contribution in [2.24, 2.45) is 0 Å². The minimum atomic E-state index is -1.66. The molecule has 8 heteroatoms. The number of benzene rings is 3. The topological polar surface area (TPSA) is 99.8 Å². The number of imidazole rings is 1. The van der Waals surface area contributed by atoms with Crippen LogP contribution in [0, 0.1) is 6.92 Å². The lowest BCUT2D eigenvalue weighted by Gasteiger charge is -2.28. The van der Waals surface area contributed by atoms with Crippen molar-refractivity contribution in [2.75, 3.05) is 10.2 Å². The van der Waals surface area contributed by atoms with Crippen molar-refractivity contribution in [3.05, 3.63) is 108 Å². The van der Waals surface area contributed by atoms with Crippen LogP contribution in [-0.4, -0.2) is 36.9 Å². The number of nitrogens with zero attached hydrogens (tertiary/aromatic N) is 4. The predicted octanol–water partition coefficient (Wildman–Crippen LogP) is 6.69. The average molecular weight is 562 g/mol. The first-order chi connectivity index (χ1) is 19.8. The maximum absolute atomic E-state index is 13.6. The number of fused-ring (bicyclic) bond motifs is 1. The van der Waals surface area contributed by atoms with Crippen molar-refractivity contribution in [2.45, 2.75) is 52.6 Å². The molecule has 2 amide bonds. The van der Waals surface area contributed by atoms with Gasteiger partial charge in [-0.2, -0.15) is 0 Å². The fraction of sp³-hybridized carbons (Fsp3) is 0.235. The lowest BCUT2D eigenvalue weighted by Crippen LogP contribution is -2.43. The molecule has 0 unspecified atom stereocenters. The second-order valence-corrected chi connectivity index (χ2v) is 12.0. The van der Waals surface area contributed by atoms with E-state index in [9.17, 15) is 14.7 Å². The van der Waals surface area contributed by atoms with E-state index < -0.39 is 11.5 Å². The zero-order chi connectivity index (χ0) is 30.2. The standard InChI is InChI=1S/C34H35N5O3/c1-22-12-13-24(20-27(22)37-31(40)23-14-16-25(17-15-23)33(2,3)4)28-21-38-19-18-35-29(38)30(36-28)39(32(41)34(5,6)42)26-10-8-7-9-11-26/h7-21,42H,1-6H3,(H,37,40). The highest BCUT2D eigenvalue weighted by Crippen LogP contribution is 2.33. The molecule has 0 saturated carbocycles. The van der Waals surface area contributed by atoms with E-state index in [2.05, 4.69) is 31.1 Å². The third-order valence-electron chi connectivity index (χ3n) is 7.10. The Bertz CT molecular complexity index is 1760. The lowest BCUT2D eigenvalue weighted by atomic mass is 9.86. The Labute approximate surface area is 245 Å². The molecule has 2 heterocycles. The summed E-state index contributed by atoms with van der Waals surface area (Å²) in [4.78, 5) is 37.5. The monoisotopic (exact) mass is 561 g/mol. The van der Waals surface area contributed by atoms with E-state index in [0.29, 0.717) is 28.3 Å². The summed E-state index contributed by atoms with van der Waals surface area (Å²) in [7, 11) is 0. The number of nitrogens with one attached hydrogen (secondary N) is 1. The fourth-order valence-corrected chi connectivity index (χ4v) is 4.62. The van der Waals surface area contributed by atoms with Crippen LogP contribution in [0.15, 0.2) is 91.4 Å². The zero-order valence-electron chi connectivity index (χ0n) is 24.7. The fourth-order valence-electron chi connectivity index (χ4n) is 4.62. The largest absolute Gasteiger partial charge is 0.381 e. The molecule has 0 bridgehead atoms. The van der Waals surface area contributed by atoms with Crippen molar-refractivity contribution in [1.29, 1.82) is 0 Å². The molecule has 8 nitrogen and oxygen atoms in total. The molecule has 0 aliphatic heterocycles.